The molecule has 30 heavy (non-hydrogen) atoms. The number of aromatic nitrogens is 2. The molecule has 2 aromatic carbocycles. The Morgan fingerprint density at radius 3 is 2.63 bits per heavy atom. The van der Waals surface area contributed by atoms with E-state index in [9.17, 15) is 14.7 Å². The zero-order valence-electron chi connectivity index (χ0n) is 15.8. The first-order chi connectivity index (χ1) is 14.6. The molecule has 3 N–H and O–H groups in total. The summed E-state index contributed by atoms with van der Waals surface area (Å²) in [6, 6.07) is 16.1. The van der Waals surface area contributed by atoms with Crippen LogP contribution in [-0.4, -0.2) is 33.1 Å². The SMILES string of the molecule is O=C(Nc1ccc2oc(-c3cccnc3)nc2c1)NC(Cc1ccccc1)C(=O)O. The van der Waals surface area contributed by atoms with Crippen LogP contribution in [0.4, 0.5) is 10.5 Å². The molecule has 2 amide bonds. The third-order valence-electron chi connectivity index (χ3n) is 4.44. The number of oxazole rings is 1. The monoisotopic (exact) mass is 402 g/mol. The number of amides is 2. The van der Waals surface area contributed by atoms with Crippen molar-refractivity contribution in [3.05, 3.63) is 78.6 Å². The van der Waals surface area contributed by atoms with Crippen molar-refractivity contribution in [3.63, 3.8) is 0 Å². The molecule has 150 valence electrons. The molecule has 2 aromatic heterocycles. The molecule has 1 atom stereocenters. The molecule has 0 bridgehead atoms. The second-order valence-corrected chi connectivity index (χ2v) is 6.62. The van der Waals surface area contributed by atoms with Crippen molar-refractivity contribution in [1.29, 1.82) is 0 Å². The Morgan fingerprint density at radius 1 is 1.07 bits per heavy atom. The van der Waals surface area contributed by atoms with Crippen molar-refractivity contribution in [1.82, 2.24) is 15.3 Å². The molecule has 0 aliphatic heterocycles. The fraction of sp³-hybridized carbons (Fsp3) is 0.0909. The van der Waals surface area contributed by atoms with E-state index in [2.05, 4.69) is 20.6 Å². The molecule has 4 aromatic rings. The molecule has 0 spiro atoms. The zero-order chi connectivity index (χ0) is 20.9. The molecule has 0 aliphatic rings. The predicted octanol–water partition coefficient (Wildman–Crippen LogP) is 3.71. The Morgan fingerprint density at radius 2 is 1.90 bits per heavy atom. The number of nitrogens with one attached hydrogen (secondary N) is 2. The Kier molecular flexibility index (Phi) is 5.38. The van der Waals surface area contributed by atoms with E-state index in [4.69, 9.17) is 4.42 Å². The van der Waals surface area contributed by atoms with Crippen molar-refractivity contribution in [2.75, 3.05) is 5.32 Å². The number of carbonyl (C=O) groups excluding carboxylic acids is 1. The van der Waals surface area contributed by atoms with Crippen LogP contribution in [-0.2, 0) is 11.2 Å². The van der Waals surface area contributed by atoms with Crippen molar-refractivity contribution in [3.8, 4) is 11.5 Å². The van der Waals surface area contributed by atoms with Gasteiger partial charge in [-0.05, 0) is 35.9 Å². The van der Waals surface area contributed by atoms with E-state index in [1.807, 2.05) is 36.4 Å². The van der Waals surface area contributed by atoms with Gasteiger partial charge in [-0.1, -0.05) is 30.3 Å². The number of nitrogens with zero attached hydrogens (tertiary/aromatic N) is 2. The third-order valence-corrected chi connectivity index (χ3v) is 4.44. The van der Waals surface area contributed by atoms with Crippen LogP contribution in [0.25, 0.3) is 22.6 Å². The highest BCUT2D eigenvalue weighted by atomic mass is 16.4. The van der Waals surface area contributed by atoms with Gasteiger partial charge in [0.05, 0.1) is 5.56 Å². The predicted molar refractivity (Wildman–Crippen MR) is 111 cm³/mol. The topological polar surface area (TPSA) is 117 Å². The maximum Gasteiger partial charge on any atom is 0.326 e. The second-order valence-electron chi connectivity index (χ2n) is 6.62. The first kappa shape index (κ1) is 19.1. The number of hydrogen-bond acceptors (Lipinski definition) is 5. The molecular weight excluding hydrogens is 384 g/mol. The summed E-state index contributed by atoms with van der Waals surface area (Å²) in [6.45, 7) is 0. The lowest BCUT2D eigenvalue weighted by molar-refractivity contribution is -0.139. The van der Waals surface area contributed by atoms with E-state index < -0.39 is 18.0 Å². The van der Waals surface area contributed by atoms with E-state index in [0.717, 1.165) is 11.1 Å². The first-order valence-corrected chi connectivity index (χ1v) is 9.24. The van der Waals surface area contributed by atoms with Crippen LogP contribution in [0.2, 0.25) is 0 Å². The van der Waals surface area contributed by atoms with Crippen LogP contribution < -0.4 is 10.6 Å². The molecule has 2 heterocycles. The molecule has 8 heteroatoms. The molecule has 0 aliphatic carbocycles. The van der Waals surface area contributed by atoms with Crippen molar-refractivity contribution in [2.24, 2.45) is 0 Å². The number of pyridine rings is 1. The average molecular weight is 402 g/mol. The van der Waals surface area contributed by atoms with Crippen LogP contribution in [0.3, 0.4) is 0 Å². The lowest BCUT2D eigenvalue weighted by atomic mass is 10.1. The van der Waals surface area contributed by atoms with E-state index in [1.54, 1.807) is 36.7 Å². The van der Waals surface area contributed by atoms with Gasteiger partial charge >= 0.3 is 12.0 Å². The number of benzene rings is 2. The van der Waals surface area contributed by atoms with Gasteiger partial charge in [-0.25, -0.2) is 14.6 Å². The fourth-order valence-corrected chi connectivity index (χ4v) is 2.99. The maximum absolute atomic E-state index is 12.3. The molecule has 8 nitrogen and oxygen atoms in total. The van der Waals surface area contributed by atoms with Crippen LogP contribution in [0.5, 0.6) is 0 Å². The number of rotatable bonds is 6. The Hall–Kier alpha value is -4.20. The third kappa shape index (κ3) is 4.44. The van der Waals surface area contributed by atoms with Crippen molar-refractivity contribution in [2.45, 2.75) is 12.5 Å². The number of fused-ring (bicyclic) bond motifs is 1. The normalized spacial score (nSPS) is 11.7. The lowest BCUT2D eigenvalue weighted by Gasteiger charge is -2.15. The van der Waals surface area contributed by atoms with Crippen LogP contribution >= 0.6 is 0 Å². The fourth-order valence-electron chi connectivity index (χ4n) is 2.99. The smallest absolute Gasteiger partial charge is 0.326 e. The Labute approximate surface area is 171 Å². The molecule has 0 saturated carbocycles. The molecule has 0 fully saturated rings. The molecular formula is C22H18N4O4. The van der Waals surface area contributed by atoms with Gasteiger partial charge in [0.2, 0.25) is 5.89 Å². The number of carbonyl (C=O) groups is 2. The summed E-state index contributed by atoms with van der Waals surface area (Å²) in [5.41, 5.74) is 3.15. The maximum atomic E-state index is 12.3. The summed E-state index contributed by atoms with van der Waals surface area (Å²) in [5.74, 6) is -0.685. The summed E-state index contributed by atoms with van der Waals surface area (Å²) < 4.78 is 5.72. The second kappa shape index (κ2) is 8.44. The van der Waals surface area contributed by atoms with E-state index in [1.165, 1.54) is 0 Å². The quantitative estimate of drug-likeness (QED) is 0.453. The van der Waals surface area contributed by atoms with Gasteiger partial charge in [-0.3, -0.25) is 4.98 Å². The minimum Gasteiger partial charge on any atom is -0.480 e. The Bertz CT molecular complexity index is 1180. The molecule has 4 rings (SSSR count). The molecule has 1 unspecified atom stereocenters. The highest BCUT2D eigenvalue weighted by molar-refractivity contribution is 5.94. The van der Waals surface area contributed by atoms with Gasteiger partial charge in [0.15, 0.2) is 5.58 Å². The minimum absolute atomic E-state index is 0.181. The highest BCUT2D eigenvalue weighted by Gasteiger charge is 2.20. The molecule has 0 saturated heterocycles. The standard InChI is InChI=1S/C22H18N4O4/c27-21(28)18(11-14-5-2-1-3-6-14)26-22(29)24-16-8-9-19-17(12-16)25-20(30-19)15-7-4-10-23-13-15/h1-10,12-13,18H,11H2,(H,27,28)(H2,24,26,29). The number of urea groups is 1. The Balaban J connectivity index is 1.46. The van der Waals surface area contributed by atoms with Gasteiger partial charge in [0.25, 0.3) is 0 Å². The lowest BCUT2D eigenvalue weighted by Crippen LogP contribution is -2.44. The number of aliphatic carboxylic acids is 1. The number of carboxylic acids is 1. The first-order valence-electron chi connectivity index (χ1n) is 9.24. The largest absolute Gasteiger partial charge is 0.480 e. The van der Waals surface area contributed by atoms with E-state index in [-0.39, 0.29) is 6.42 Å². The van der Waals surface area contributed by atoms with Crippen LogP contribution in [0.15, 0.2) is 77.5 Å². The summed E-state index contributed by atoms with van der Waals surface area (Å²) >= 11 is 0. The van der Waals surface area contributed by atoms with E-state index in [0.29, 0.717) is 22.7 Å². The molecule has 0 radical (unpaired) electrons. The average Bonchev–Trinajstić information content (AvgIpc) is 3.18. The number of anilines is 1. The van der Waals surface area contributed by atoms with Gasteiger partial charge < -0.3 is 20.2 Å². The summed E-state index contributed by atoms with van der Waals surface area (Å²) in [7, 11) is 0. The van der Waals surface area contributed by atoms with Crippen molar-refractivity contribution < 1.29 is 19.1 Å². The summed E-state index contributed by atoms with van der Waals surface area (Å²) in [4.78, 5) is 32.3. The van der Waals surface area contributed by atoms with Gasteiger partial charge in [0, 0.05) is 24.5 Å². The zero-order valence-corrected chi connectivity index (χ0v) is 15.8. The summed E-state index contributed by atoms with van der Waals surface area (Å²) in [6.07, 6.45) is 3.49. The van der Waals surface area contributed by atoms with E-state index >= 15 is 0 Å². The van der Waals surface area contributed by atoms with Crippen LogP contribution in [0, 0.1) is 0 Å². The number of hydrogen-bond donors (Lipinski definition) is 3. The summed E-state index contributed by atoms with van der Waals surface area (Å²) in [5, 5.41) is 14.6. The van der Waals surface area contributed by atoms with Crippen molar-refractivity contribution >= 4 is 28.8 Å². The van der Waals surface area contributed by atoms with Gasteiger partial charge in [0.1, 0.15) is 11.6 Å². The highest BCUT2D eigenvalue weighted by Crippen LogP contribution is 2.25. The van der Waals surface area contributed by atoms with Crippen LogP contribution in [0.1, 0.15) is 5.56 Å². The number of carboxylic acid groups (broad SMARTS) is 1. The minimum atomic E-state index is -1.11. The van der Waals surface area contributed by atoms with Gasteiger partial charge in [-0.15, -0.1) is 0 Å². The van der Waals surface area contributed by atoms with Gasteiger partial charge in [-0.2, -0.15) is 0 Å².